The lowest BCUT2D eigenvalue weighted by molar-refractivity contribution is -0.385. The first-order chi connectivity index (χ1) is 8.95. The number of nitrogens with one attached hydrogen (secondary N) is 1. The first-order valence-corrected chi connectivity index (χ1v) is 6.02. The maximum atomic E-state index is 11.9. The Morgan fingerprint density at radius 2 is 2.37 bits per heavy atom. The second-order valence-corrected chi connectivity index (χ2v) is 4.20. The summed E-state index contributed by atoms with van der Waals surface area (Å²) >= 11 is 5.65. The first kappa shape index (κ1) is 15.3. The molecule has 0 aliphatic rings. The van der Waals surface area contributed by atoms with Gasteiger partial charge in [0.15, 0.2) is 0 Å². The molecule has 1 N–H and O–H groups in total. The largest absolute Gasteiger partial charge is 0.380 e. The van der Waals surface area contributed by atoms with E-state index in [0.29, 0.717) is 13.2 Å². The van der Waals surface area contributed by atoms with Crippen LogP contribution in [-0.4, -0.2) is 35.1 Å². The van der Waals surface area contributed by atoms with Crippen molar-refractivity contribution < 1.29 is 14.5 Å². The summed E-state index contributed by atoms with van der Waals surface area (Å²) in [6, 6.07) is 0.904. The molecule has 0 radical (unpaired) electrons. The van der Waals surface area contributed by atoms with Crippen LogP contribution in [0.4, 0.5) is 5.69 Å². The standard InChI is InChI=1S/C11H14ClN3O4/c1-3-19-6-7(2)14-11(16)8-4-10(12)13-5-9(8)15(17)18/h4-5,7H,3,6H2,1-2H3,(H,14,16). The molecular formula is C11H14ClN3O4. The number of rotatable bonds is 6. The summed E-state index contributed by atoms with van der Waals surface area (Å²) in [4.78, 5) is 25.7. The van der Waals surface area contributed by atoms with Crippen LogP contribution in [0.25, 0.3) is 0 Å². The fraction of sp³-hybridized carbons (Fsp3) is 0.455. The summed E-state index contributed by atoms with van der Waals surface area (Å²) in [5.74, 6) is -0.580. The smallest absolute Gasteiger partial charge is 0.300 e. The van der Waals surface area contributed by atoms with Crippen molar-refractivity contribution in [3.8, 4) is 0 Å². The van der Waals surface area contributed by atoms with Crippen LogP contribution in [0, 0.1) is 10.1 Å². The zero-order chi connectivity index (χ0) is 14.4. The van der Waals surface area contributed by atoms with Crippen LogP contribution < -0.4 is 5.32 Å². The zero-order valence-corrected chi connectivity index (χ0v) is 11.3. The average Bonchev–Trinajstić information content (AvgIpc) is 2.35. The van der Waals surface area contributed by atoms with Gasteiger partial charge in [-0.2, -0.15) is 0 Å². The van der Waals surface area contributed by atoms with E-state index in [-0.39, 0.29) is 22.4 Å². The summed E-state index contributed by atoms with van der Waals surface area (Å²) in [6.07, 6.45) is 0.963. The van der Waals surface area contributed by atoms with Crippen LogP contribution in [0.3, 0.4) is 0 Å². The van der Waals surface area contributed by atoms with E-state index in [9.17, 15) is 14.9 Å². The Morgan fingerprint density at radius 3 is 2.95 bits per heavy atom. The fourth-order valence-corrected chi connectivity index (χ4v) is 1.55. The molecule has 8 heteroatoms. The van der Waals surface area contributed by atoms with Gasteiger partial charge >= 0.3 is 0 Å². The van der Waals surface area contributed by atoms with Gasteiger partial charge in [-0.25, -0.2) is 4.98 Å². The number of nitro groups is 1. The summed E-state index contributed by atoms with van der Waals surface area (Å²) in [7, 11) is 0. The molecule has 104 valence electrons. The van der Waals surface area contributed by atoms with Crippen molar-refractivity contribution in [1.82, 2.24) is 10.3 Å². The van der Waals surface area contributed by atoms with Crippen molar-refractivity contribution in [3.63, 3.8) is 0 Å². The van der Waals surface area contributed by atoms with E-state index in [1.165, 1.54) is 6.07 Å². The van der Waals surface area contributed by atoms with Crippen molar-refractivity contribution in [2.45, 2.75) is 19.9 Å². The lowest BCUT2D eigenvalue weighted by Crippen LogP contribution is -2.36. The van der Waals surface area contributed by atoms with E-state index >= 15 is 0 Å². The molecule has 7 nitrogen and oxygen atoms in total. The topological polar surface area (TPSA) is 94.4 Å². The Labute approximate surface area is 115 Å². The summed E-state index contributed by atoms with van der Waals surface area (Å²) < 4.78 is 5.15. The zero-order valence-electron chi connectivity index (χ0n) is 10.6. The molecule has 1 aromatic rings. The number of aromatic nitrogens is 1. The van der Waals surface area contributed by atoms with Crippen molar-refractivity contribution in [1.29, 1.82) is 0 Å². The molecule has 1 atom stereocenters. The molecule has 0 bridgehead atoms. The van der Waals surface area contributed by atoms with Crippen LogP contribution in [-0.2, 0) is 4.74 Å². The number of halogens is 1. The van der Waals surface area contributed by atoms with Gasteiger partial charge in [-0.3, -0.25) is 14.9 Å². The number of hydrogen-bond donors (Lipinski definition) is 1. The Hall–Kier alpha value is -1.73. The van der Waals surface area contributed by atoms with Gasteiger partial charge in [0.05, 0.1) is 11.5 Å². The molecule has 1 aromatic heterocycles. The molecule has 1 amide bonds. The number of carbonyl (C=O) groups is 1. The number of amides is 1. The third-order valence-corrected chi connectivity index (χ3v) is 2.45. The summed E-state index contributed by atoms with van der Waals surface area (Å²) in [5, 5.41) is 13.4. The predicted molar refractivity (Wildman–Crippen MR) is 69.3 cm³/mol. The molecule has 0 aliphatic heterocycles. The molecule has 0 aliphatic carbocycles. The average molecular weight is 288 g/mol. The highest BCUT2D eigenvalue weighted by molar-refractivity contribution is 6.29. The Morgan fingerprint density at radius 1 is 1.68 bits per heavy atom. The van der Waals surface area contributed by atoms with Crippen molar-refractivity contribution in [2.24, 2.45) is 0 Å². The SMILES string of the molecule is CCOCC(C)NC(=O)c1cc(Cl)ncc1[N+](=O)[O-]. The third-order valence-electron chi connectivity index (χ3n) is 2.24. The van der Waals surface area contributed by atoms with Crippen LogP contribution in [0.2, 0.25) is 5.15 Å². The Bertz CT molecular complexity index is 481. The highest BCUT2D eigenvalue weighted by Crippen LogP contribution is 2.20. The highest BCUT2D eigenvalue weighted by atomic mass is 35.5. The number of hydrogen-bond acceptors (Lipinski definition) is 5. The van der Waals surface area contributed by atoms with Crippen molar-refractivity contribution in [2.75, 3.05) is 13.2 Å². The third kappa shape index (κ3) is 4.46. The molecule has 1 rings (SSSR count). The van der Waals surface area contributed by atoms with Gasteiger partial charge in [0, 0.05) is 12.6 Å². The minimum atomic E-state index is -0.675. The highest BCUT2D eigenvalue weighted by Gasteiger charge is 2.22. The number of nitrogens with zero attached hydrogens (tertiary/aromatic N) is 2. The molecule has 0 fully saturated rings. The molecule has 1 heterocycles. The van der Waals surface area contributed by atoms with E-state index in [2.05, 4.69) is 10.3 Å². The van der Waals surface area contributed by atoms with Crippen LogP contribution >= 0.6 is 11.6 Å². The van der Waals surface area contributed by atoms with E-state index in [1.807, 2.05) is 6.92 Å². The van der Waals surface area contributed by atoms with Crippen LogP contribution in [0.15, 0.2) is 12.3 Å². The molecular weight excluding hydrogens is 274 g/mol. The van der Waals surface area contributed by atoms with Gasteiger partial charge in [-0.1, -0.05) is 11.6 Å². The van der Waals surface area contributed by atoms with Gasteiger partial charge in [0.2, 0.25) is 0 Å². The summed E-state index contributed by atoms with van der Waals surface area (Å²) in [6.45, 7) is 4.43. The molecule has 1 unspecified atom stereocenters. The van der Waals surface area contributed by atoms with Crippen LogP contribution in [0.1, 0.15) is 24.2 Å². The van der Waals surface area contributed by atoms with E-state index in [1.54, 1.807) is 6.92 Å². The normalized spacial score (nSPS) is 11.9. The second kappa shape index (κ2) is 7.01. The Kier molecular flexibility index (Phi) is 5.65. The van der Waals surface area contributed by atoms with Gasteiger partial charge < -0.3 is 10.1 Å². The van der Waals surface area contributed by atoms with E-state index in [0.717, 1.165) is 6.20 Å². The van der Waals surface area contributed by atoms with Gasteiger partial charge in [0.25, 0.3) is 11.6 Å². The number of carbonyl (C=O) groups excluding carboxylic acids is 1. The van der Waals surface area contributed by atoms with Gasteiger partial charge in [-0.15, -0.1) is 0 Å². The predicted octanol–water partition coefficient (Wildman–Crippen LogP) is 1.80. The first-order valence-electron chi connectivity index (χ1n) is 5.64. The quantitative estimate of drug-likeness (QED) is 0.489. The lowest BCUT2D eigenvalue weighted by Gasteiger charge is -2.13. The lowest BCUT2D eigenvalue weighted by atomic mass is 10.2. The van der Waals surface area contributed by atoms with Crippen LogP contribution in [0.5, 0.6) is 0 Å². The maximum Gasteiger partial charge on any atom is 0.300 e. The van der Waals surface area contributed by atoms with Crippen molar-refractivity contribution in [3.05, 3.63) is 33.1 Å². The van der Waals surface area contributed by atoms with Crippen molar-refractivity contribution >= 4 is 23.2 Å². The van der Waals surface area contributed by atoms with Gasteiger partial charge in [0.1, 0.15) is 16.9 Å². The Balaban J connectivity index is 2.86. The monoisotopic (exact) mass is 287 g/mol. The number of ether oxygens (including phenoxy) is 1. The molecule has 0 spiro atoms. The van der Waals surface area contributed by atoms with Gasteiger partial charge in [-0.05, 0) is 19.9 Å². The molecule has 19 heavy (non-hydrogen) atoms. The van der Waals surface area contributed by atoms with E-state index < -0.39 is 10.8 Å². The van der Waals surface area contributed by atoms with E-state index in [4.69, 9.17) is 16.3 Å². The fourth-order valence-electron chi connectivity index (χ4n) is 1.39. The minimum Gasteiger partial charge on any atom is -0.380 e. The summed E-state index contributed by atoms with van der Waals surface area (Å²) in [5.41, 5.74) is -0.501. The second-order valence-electron chi connectivity index (χ2n) is 3.82. The molecule has 0 aromatic carbocycles. The maximum absolute atomic E-state index is 11.9. The molecule has 0 saturated carbocycles. The minimum absolute atomic E-state index is 0.0215. The number of pyridine rings is 1. The molecule has 0 saturated heterocycles.